The molecule has 6 nitrogen and oxygen atoms in total. The highest BCUT2D eigenvalue weighted by atomic mass is 16.5. The third-order valence-electron chi connectivity index (χ3n) is 5.77. The maximum absolute atomic E-state index is 13.2. The van der Waals surface area contributed by atoms with Crippen molar-refractivity contribution in [3.63, 3.8) is 0 Å². The third kappa shape index (κ3) is 4.43. The fourth-order valence-corrected chi connectivity index (χ4v) is 4.19. The average molecular weight is 393 g/mol. The monoisotopic (exact) mass is 393 g/mol. The second-order valence-corrected chi connectivity index (χ2v) is 7.70. The molecule has 0 spiro atoms. The summed E-state index contributed by atoms with van der Waals surface area (Å²) in [5, 5.41) is 2.93. The van der Waals surface area contributed by atoms with Gasteiger partial charge in [-0.3, -0.25) is 14.5 Å². The molecule has 2 heterocycles. The molecule has 1 atom stereocenters. The molecule has 2 aliphatic rings. The fraction of sp³-hybridized carbons (Fsp3) is 0.391. The molecule has 152 valence electrons. The number of methoxy groups -OCH3 is 1. The van der Waals surface area contributed by atoms with Gasteiger partial charge in [0.1, 0.15) is 5.75 Å². The van der Waals surface area contributed by atoms with Crippen LogP contribution in [0, 0.1) is 0 Å². The highest BCUT2D eigenvalue weighted by molar-refractivity contribution is 5.93. The number of hydrogen-bond donors (Lipinski definition) is 1. The number of nitrogens with one attached hydrogen (secondary N) is 1. The summed E-state index contributed by atoms with van der Waals surface area (Å²) >= 11 is 0. The number of benzene rings is 2. The van der Waals surface area contributed by atoms with Gasteiger partial charge in [0.2, 0.25) is 11.8 Å². The van der Waals surface area contributed by atoms with Crippen molar-refractivity contribution in [1.82, 2.24) is 9.80 Å². The molecule has 6 heteroatoms. The Kier molecular flexibility index (Phi) is 5.81. The molecule has 0 bridgehead atoms. The molecular formula is C23H27N3O3. The Morgan fingerprint density at radius 3 is 2.41 bits per heavy atom. The van der Waals surface area contributed by atoms with Gasteiger partial charge >= 0.3 is 0 Å². The van der Waals surface area contributed by atoms with Crippen molar-refractivity contribution in [2.45, 2.75) is 31.8 Å². The number of anilines is 1. The van der Waals surface area contributed by atoms with E-state index in [1.807, 2.05) is 46.2 Å². The second-order valence-electron chi connectivity index (χ2n) is 7.70. The Balaban J connectivity index is 1.48. The van der Waals surface area contributed by atoms with Gasteiger partial charge in [-0.15, -0.1) is 0 Å². The van der Waals surface area contributed by atoms with E-state index >= 15 is 0 Å². The number of ether oxygens (including phenoxy) is 1. The first-order valence-corrected chi connectivity index (χ1v) is 10.2. The number of carbonyl (C=O) groups excluding carboxylic acids is 2. The Hall–Kier alpha value is -2.86. The van der Waals surface area contributed by atoms with Crippen molar-refractivity contribution in [3.8, 4) is 5.75 Å². The molecule has 0 saturated carbocycles. The molecule has 0 aliphatic carbocycles. The van der Waals surface area contributed by atoms with E-state index in [1.165, 1.54) is 11.1 Å². The van der Waals surface area contributed by atoms with E-state index in [0.717, 1.165) is 37.4 Å². The molecule has 2 aromatic carbocycles. The minimum Gasteiger partial charge on any atom is -0.497 e. The summed E-state index contributed by atoms with van der Waals surface area (Å²) < 4.78 is 5.16. The lowest BCUT2D eigenvalue weighted by Crippen LogP contribution is -2.52. The van der Waals surface area contributed by atoms with E-state index in [9.17, 15) is 9.59 Å². The number of hydrogen-bond acceptors (Lipinski definition) is 4. The molecule has 0 unspecified atom stereocenters. The highest BCUT2D eigenvalue weighted by Gasteiger charge is 2.35. The van der Waals surface area contributed by atoms with Crippen molar-refractivity contribution >= 4 is 17.5 Å². The Labute approximate surface area is 171 Å². The maximum atomic E-state index is 13.2. The van der Waals surface area contributed by atoms with E-state index < -0.39 is 0 Å². The van der Waals surface area contributed by atoms with Crippen LogP contribution >= 0.6 is 0 Å². The van der Waals surface area contributed by atoms with E-state index in [1.54, 1.807) is 7.11 Å². The van der Waals surface area contributed by atoms with E-state index in [4.69, 9.17) is 4.74 Å². The molecule has 1 N–H and O–H groups in total. The molecule has 2 aromatic rings. The number of fused-ring (bicyclic) bond motifs is 1. The SMILES string of the molecule is COc1ccc(NC(=O)CN2Cc3ccccc3C[C@@H]2C(=O)N2CCCC2)cc1. The molecule has 1 fully saturated rings. The summed E-state index contributed by atoms with van der Waals surface area (Å²) in [7, 11) is 1.61. The zero-order chi connectivity index (χ0) is 20.2. The van der Waals surface area contributed by atoms with Gasteiger partial charge in [0, 0.05) is 25.3 Å². The zero-order valence-electron chi connectivity index (χ0n) is 16.8. The van der Waals surface area contributed by atoms with Gasteiger partial charge in [0.15, 0.2) is 0 Å². The van der Waals surface area contributed by atoms with E-state index in [2.05, 4.69) is 17.4 Å². The van der Waals surface area contributed by atoms with Crippen molar-refractivity contribution in [3.05, 3.63) is 59.7 Å². The summed E-state index contributed by atoms with van der Waals surface area (Å²) in [5.41, 5.74) is 3.11. The molecule has 2 aliphatic heterocycles. The molecule has 0 radical (unpaired) electrons. The highest BCUT2D eigenvalue weighted by Crippen LogP contribution is 2.25. The molecule has 1 saturated heterocycles. The predicted molar refractivity (Wildman–Crippen MR) is 112 cm³/mol. The molecule has 0 aromatic heterocycles. The van der Waals surface area contributed by atoms with Crippen LogP contribution in [0.4, 0.5) is 5.69 Å². The number of amides is 2. The quantitative estimate of drug-likeness (QED) is 0.849. The smallest absolute Gasteiger partial charge is 0.240 e. The van der Waals surface area contributed by atoms with E-state index in [-0.39, 0.29) is 24.4 Å². The summed E-state index contributed by atoms with van der Waals surface area (Å²) in [6.45, 7) is 2.44. The predicted octanol–water partition coefficient (Wildman–Crippen LogP) is 2.68. The van der Waals surface area contributed by atoms with Gasteiger partial charge in [-0.2, -0.15) is 0 Å². The van der Waals surface area contributed by atoms with Gasteiger partial charge in [-0.1, -0.05) is 24.3 Å². The van der Waals surface area contributed by atoms with Crippen LogP contribution in [0.5, 0.6) is 5.75 Å². The number of likely N-dealkylation sites (tertiary alicyclic amines) is 1. The number of rotatable bonds is 5. The first-order chi connectivity index (χ1) is 14.1. The largest absolute Gasteiger partial charge is 0.497 e. The van der Waals surface area contributed by atoms with Crippen LogP contribution in [0.25, 0.3) is 0 Å². The molecule has 2 amide bonds. The van der Waals surface area contributed by atoms with Crippen molar-refractivity contribution in [2.24, 2.45) is 0 Å². The summed E-state index contributed by atoms with van der Waals surface area (Å²) in [4.78, 5) is 29.9. The normalized spacial score (nSPS) is 18.9. The minimum absolute atomic E-state index is 0.117. The Bertz CT molecular complexity index is 875. The van der Waals surface area contributed by atoms with Gasteiger partial charge in [-0.05, 0) is 54.7 Å². The number of nitrogens with zero attached hydrogens (tertiary/aromatic N) is 2. The standard InChI is InChI=1S/C23H27N3O3/c1-29-20-10-8-19(9-11-20)24-22(27)16-26-15-18-7-3-2-6-17(18)14-21(26)23(28)25-12-4-5-13-25/h2-3,6-11,21H,4-5,12-16H2,1H3,(H,24,27)/t21-/m1/s1. The molecular weight excluding hydrogens is 366 g/mol. The van der Waals surface area contributed by atoms with Crippen LogP contribution in [0.3, 0.4) is 0 Å². The Morgan fingerprint density at radius 1 is 1.03 bits per heavy atom. The summed E-state index contributed by atoms with van der Waals surface area (Å²) in [5.74, 6) is 0.773. The average Bonchev–Trinajstić information content (AvgIpc) is 3.28. The summed E-state index contributed by atoms with van der Waals surface area (Å²) in [6, 6.07) is 15.2. The maximum Gasteiger partial charge on any atom is 0.240 e. The summed E-state index contributed by atoms with van der Waals surface area (Å²) in [6.07, 6.45) is 2.78. The first kappa shape index (κ1) is 19.5. The second kappa shape index (κ2) is 8.66. The molecule has 4 rings (SSSR count). The van der Waals surface area contributed by atoms with Crippen LogP contribution in [-0.4, -0.2) is 54.4 Å². The topological polar surface area (TPSA) is 61.9 Å². The van der Waals surface area contributed by atoms with E-state index in [0.29, 0.717) is 13.0 Å². The van der Waals surface area contributed by atoms with Crippen molar-refractivity contribution in [2.75, 3.05) is 32.1 Å². The first-order valence-electron chi connectivity index (χ1n) is 10.2. The fourth-order valence-electron chi connectivity index (χ4n) is 4.19. The third-order valence-corrected chi connectivity index (χ3v) is 5.77. The lowest BCUT2D eigenvalue weighted by molar-refractivity contribution is -0.137. The van der Waals surface area contributed by atoms with Crippen LogP contribution in [0.15, 0.2) is 48.5 Å². The Morgan fingerprint density at radius 2 is 1.72 bits per heavy atom. The van der Waals surface area contributed by atoms with Gasteiger partial charge in [0.25, 0.3) is 0 Å². The van der Waals surface area contributed by atoms with Crippen LogP contribution in [0.2, 0.25) is 0 Å². The molecule has 29 heavy (non-hydrogen) atoms. The van der Waals surface area contributed by atoms with Gasteiger partial charge in [-0.25, -0.2) is 0 Å². The van der Waals surface area contributed by atoms with Gasteiger partial charge < -0.3 is 15.0 Å². The van der Waals surface area contributed by atoms with Crippen molar-refractivity contribution < 1.29 is 14.3 Å². The lowest BCUT2D eigenvalue weighted by atomic mass is 9.93. The van der Waals surface area contributed by atoms with Gasteiger partial charge in [0.05, 0.1) is 19.7 Å². The van der Waals surface area contributed by atoms with Crippen LogP contribution in [0.1, 0.15) is 24.0 Å². The number of carbonyl (C=O) groups is 2. The lowest BCUT2D eigenvalue weighted by Gasteiger charge is -2.37. The minimum atomic E-state index is -0.287. The van der Waals surface area contributed by atoms with Crippen LogP contribution in [-0.2, 0) is 22.6 Å². The zero-order valence-corrected chi connectivity index (χ0v) is 16.8. The van der Waals surface area contributed by atoms with Crippen molar-refractivity contribution in [1.29, 1.82) is 0 Å². The van der Waals surface area contributed by atoms with Crippen LogP contribution < -0.4 is 10.1 Å².